The van der Waals surface area contributed by atoms with Gasteiger partial charge in [0.15, 0.2) is 6.29 Å². The Kier molecular flexibility index (Phi) is 5.63. The number of ether oxygens (including phenoxy) is 2. The van der Waals surface area contributed by atoms with Crippen molar-refractivity contribution >= 4 is 0 Å². The summed E-state index contributed by atoms with van der Waals surface area (Å²) in [5.74, 6) is 4.45. The molecular formula is C21H32O2. The Morgan fingerprint density at radius 2 is 1.87 bits per heavy atom. The maximum absolute atomic E-state index is 5.89. The normalized spacial score (nSPS) is 28.7. The zero-order chi connectivity index (χ0) is 16.2. The number of fused-ring (bicyclic) bond motifs is 2. The number of benzene rings is 1. The molecule has 1 aromatic carbocycles. The molecule has 0 N–H and O–H groups in total. The van der Waals surface area contributed by atoms with Crippen molar-refractivity contribution in [2.45, 2.75) is 71.5 Å². The molecule has 5 unspecified atom stereocenters. The molecule has 2 heteroatoms. The first-order valence-electron chi connectivity index (χ1n) is 9.54. The predicted octanol–water partition coefficient (Wildman–Crippen LogP) is 5.77. The molecule has 3 rings (SSSR count). The summed E-state index contributed by atoms with van der Waals surface area (Å²) < 4.78 is 11.8. The Balaban J connectivity index is 1.38. The summed E-state index contributed by atoms with van der Waals surface area (Å²) in [7, 11) is 0. The Morgan fingerprint density at radius 1 is 1.09 bits per heavy atom. The van der Waals surface area contributed by atoms with Gasteiger partial charge < -0.3 is 9.47 Å². The second-order valence-electron chi connectivity index (χ2n) is 7.66. The first-order chi connectivity index (χ1) is 11.2. The van der Waals surface area contributed by atoms with Crippen molar-refractivity contribution in [2.75, 3.05) is 6.61 Å². The smallest absolute Gasteiger partial charge is 0.196 e. The lowest BCUT2D eigenvalue weighted by Crippen LogP contribution is -2.20. The highest BCUT2D eigenvalue weighted by Crippen LogP contribution is 2.49. The van der Waals surface area contributed by atoms with Crippen LogP contribution in [0.4, 0.5) is 0 Å². The van der Waals surface area contributed by atoms with Crippen LogP contribution in [0.5, 0.6) is 5.75 Å². The fourth-order valence-corrected chi connectivity index (χ4v) is 4.45. The van der Waals surface area contributed by atoms with Gasteiger partial charge in [-0.2, -0.15) is 0 Å². The second kappa shape index (κ2) is 7.70. The van der Waals surface area contributed by atoms with Gasteiger partial charge in [0.05, 0.1) is 6.61 Å². The molecule has 0 radical (unpaired) electrons. The molecule has 0 aliphatic heterocycles. The third-order valence-electron chi connectivity index (χ3n) is 6.09. The van der Waals surface area contributed by atoms with Crippen molar-refractivity contribution in [2.24, 2.45) is 17.8 Å². The molecular weight excluding hydrogens is 284 g/mol. The van der Waals surface area contributed by atoms with Crippen molar-refractivity contribution in [1.29, 1.82) is 0 Å². The van der Waals surface area contributed by atoms with Crippen LogP contribution in [0.3, 0.4) is 0 Å². The third kappa shape index (κ3) is 4.29. The van der Waals surface area contributed by atoms with E-state index in [-0.39, 0.29) is 6.29 Å². The summed E-state index contributed by atoms with van der Waals surface area (Å²) in [5, 5.41) is 0. The third-order valence-corrected chi connectivity index (χ3v) is 6.09. The van der Waals surface area contributed by atoms with E-state index in [9.17, 15) is 0 Å². The Labute approximate surface area is 141 Å². The fraction of sp³-hybridized carbons (Fsp3) is 0.714. The SMILES string of the molecule is CCC(C)c1ccc(OC(C)OCCC2CC3CCC2C3)cc1. The van der Waals surface area contributed by atoms with Crippen LogP contribution in [0, 0.1) is 17.8 Å². The number of hydrogen-bond donors (Lipinski definition) is 0. The van der Waals surface area contributed by atoms with Crippen LogP contribution in [-0.4, -0.2) is 12.9 Å². The van der Waals surface area contributed by atoms with Gasteiger partial charge in [-0.15, -0.1) is 0 Å². The largest absolute Gasteiger partial charge is 0.465 e. The van der Waals surface area contributed by atoms with Crippen LogP contribution in [0.2, 0.25) is 0 Å². The molecule has 0 amide bonds. The molecule has 23 heavy (non-hydrogen) atoms. The minimum absolute atomic E-state index is 0.164. The molecule has 1 aromatic rings. The summed E-state index contributed by atoms with van der Waals surface area (Å²) >= 11 is 0. The van der Waals surface area contributed by atoms with E-state index in [1.54, 1.807) is 0 Å². The highest BCUT2D eigenvalue weighted by molar-refractivity contribution is 5.29. The topological polar surface area (TPSA) is 18.5 Å². The quantitative estimate of drug-likeness (QED) is 0.567. The van der Waals surface area contributed by atoms with Crippen molar-refractivity contribution in [3.8, 4) is 5.75 Å². The van der Waals surface area contributed by atoms with Crippen LogP contribution < -0.4 is 4.74 Å². The van der Waals surface area contributed by atoms with Gasteiger partial charge in [-0.25, -0.2) is 0 Å². The Bertz CT molecular complexity index is 481. The summed E-state index contributed by atoms with van der Waals surface area (Å²) in [4.78, 5) is 0. The average Bonchev–Trinajstić information content (AvgIpc) is 3.18. The molecule has 2 aliphatic carbocycles. The zero-order valence-corrected chi connectivity index (χ0v) is 15.0. The molecule has 0 spiro atoms. The van der Waals surface area contributed by atoms with E-state index in [1.165, 1.54) is 44.1 Å². The van der Waals surface area contributed by atoms with Crippen LogP contribution in [-0.2, 0) is 4.74 Å². The lowest BCUT2D eigenvalue weighted by Gasteiger charge is -2.22. The van der Waals surface area contributed by atoms with E-state index in [0.717, 1.165) is 30.1 Å². The summed E-state index contributed by atoms with van der Waals surface area (Å²) in [5.41, 5.74) is 1.38. The molecule has 128 valence electrons. The van der Waals surface area contributed by atoms with E-state index >= 15 is 0 Å². The summed E-state index contributed by atoms with van der Waals surface area (Å²) in [6, 6.07) is 8.48. The predicted molar refractivity (Wildman–Crippen MR) is 94.7 cm³/mol. The van der Waals surface area contributed by atoms with Gasteiger partial charge in [-0.1, -0.05) is 32.4 Å². The van der Waals surface area contributed by atoms with Gasteiger partial charge in [0, 0.05) is 0 Å². The molecule has 0 aromatic heterocycles. The Morgan fingerprint density at radius 3 is 2.48 bits per heavy atom. The molecule has 2 bridgehead atoms. The van der Waals surface area contributed by atoms with E-state index in [4.69, 9.17) is 9.47 Å². The van der Waals surface area contributed by atoms with Crippen LogP contribution in [0.25, 0.3) is 0 Å². The van der Waals surface area contributed by atoms with Gasteiger partial charge in [0.2, 0.25) is 0 Å². The fourth-order valence-electron chi connectivity index (χ4n) is 4.45. The number of hydrogen-bond acceptors (Lipinski definition) is 2. The summed E-state index contributed by atoms with van der Waals surface area (Å²) in [6.45, 7) is 7.32. The first kappa shape index (κ1) is 16.8. The van der Waals surface area contributed by atoms with Gasteiger partial charge in [0.25, 0.3) is 0 Å². The molecule has 2 saturated carbocycles. The Hall–Kier alpha value is -1.02. The molecule has 5 atom stereocenters. The van der Waals surface area contributed by atoms with E-state index in [0.29, 0.717) is 5.92 Å². The monoisotopic (exact) mass is 316 g/mol. The highest BCUT2D eigenvalue weighted by Gasteiger charge is 2.38. The second-order valence-corrected chi connectivity index (χ2v) is 7.66. The first-order valence-corrected chi connectivity index (χ1v) is 9.54. The zero-order valence-electron chi connectivity index (χ0n) is 15.0. The van der Waals surface area contributed by atoms with Crippen LogP contribution in [0.15, 0.2) is 24.3 Å². The van der Waals surface area contributed by atoms with Gasteiger partial charge in [0.1, 0.15) is 5.75 Å². The van der Waals surface area contributed by atoms with Crippen molar-refractivity contribution < 1.29 is 9.47 Å². The van der Waals surface area contributed by atoms with Gasteiger partial charge >= 0.3 is 0 Å². The maximum atomic E-state index is 5.89. The minimum atomic E-state index is -0.164. The van der Waals surface area contributed by atoms with Crippen molar-refractivity contribution in [1.82, 2.24) is 0 Å². The molecule has 0 heterocycles. The van der Waals surface area contributed by atoms with E-state index in [2.05, 4.69) is 38.1 Å². The van der Waals surface area contributed by atoms with Crippen molar-refractivity contribution in [3.05, 3.63) is 29.8 Å². The average molecular weight is 316 g/mol. The molecule has 2 aliphatic rings. The van der Waals surface area contributed by atoms with Crippen molar-refractivity contribution in [3.63, 3.8) is 0 Å². The molecule has 2 nitrogen and oxygen atoms in total. The van der Waals surface area contributed by atoms with E-state index < -0.39 is 0 Å². The standard InChI is InChI=1S/C21H32O2/c1-4-15(2)18-7-9-21(10-8-18)23-16(3)22-12-11-20-14-17-5-6-19(20)13-17/h7-10,15-17,19-20H,4-6,11-14H2,1-3H3. The van der Waals surface area contributed by atoms with E-state index in [1.807, 2.05) is 6.92 Å². The molecule has 0 saturated heterocycles. The van der Waals surface area contributed by atoms with Crippen LogP contribution >= 0.6 is 0 Å². The maximum Gasteiger partial charge on any atom is 0.196 e. The lowest BCUT2D eigenvalue weighted by molar-refractivity contribution is -0.0716. The lowest BCUT2D eigenvalue weighted by atomic mass is 9.87. The van der Waals surface area contributed by atoms with Gasteiger partial charge in [-0.3, -0.25) is 0 Å². The van der Waals surface area contributed by atoms with Gasteiger partial charge in [-0.05, 0) is 80.4 Å². The highest BCUT2D eigenvalue weighted by atomic mass is 16.7. The summed E-state index contributed by atoms with van der Waals surface area (Å²) in [6.07, 6.45) is 8.09. The van der Waals surface area contributed by atoms with Crippen LogP contribution in [0.1, 0.15) is 70.8 Å². The number of rotatable bonds is 8. The molecule has 2 fully saturated rings. The minimum Gasteiger partial charge on any atom is -0.465 e.